The summed E-state index contributed by atoms with van der Waals surface area (Å²) >= 11 is 0. The van der Waals surface area contributed by atoms with E-state index in [-0.39, 0.29) is 11.9 Å². The zero-order valence-corrected chi connectivity index (χ0v) is 15.7. The lowest BCUT2D eigenvalue weighted by molar-refractivity contribution is -0.121. The molecule has 0 saturated carbocycles. The summed E-state index contributed by atoms with van der Waals surface area (Å²) in [5.74, 6) is 0.0814. The lowest BCUT2D eigenvalue weighted by Crippen LogP contribution is -2.32. The SMILES string of the molecule is Cc1ccccc1CC(=O)N[C@H]1CCCc2c1cnn2Cc1ccccc1. The fourth-order valence-corrected chi connectivity index (χ4v) is 3.89. The second kappa shape index (κ2) is 7.78. The van der Waals surface area contributed by atoms with Crippen molar-refractivity contribution in [2.75, 3.05) is 0 Å². The number of carbonyl (C=O) groups excluding carboxylic acids is 1. The number of nitrogens with one attached hydrogen (secondary N) is 1. The second-order valence-electron chi connectivity index (χ2n) is 7.31. The normalized spacial score (nSPS) is 16.0. The van der Waals surface area contributed by atoms with Crippen molar-refractivity contribution in [1.82, 2.24) is 15.1 Å². The molecule has 4 nitrogen and oxygen atoms in total. The van der Waals surface area contributed by atoms with Gasteiger partial charge in [-0.15, -0.1) is 0 Å². The minimum absolute atomic E-state index is 0.0646. The van der Waals surface area contributed by atoms with Gasteiger partial charge in [0.05, 0.1) is 25.2 Å². The van der Waals surface area contributed by atoms with E-state index < -0.39 is 0 Å². The van der Waals surface area contributed by atoms with Gasteiger partial charge >= 0.3 is 0 Å². The molecule has 1 aliphatic carbocycles. The molecule has 1 aliphatic rings. The lowest BCUT2D eigenvalue weighted by Gasteiger charge is -2.24. The zero-order valence-electron chi connectivity index (χ0n) is 15.7. The molecule has 138 valence electrons. The van der Waals surface area contributed by atoms with Crippen LogP contribution in [0.3, 0.4) is 0 Å². The fourth-order valence-electron chi connectivity index (χ4n) is 3.89. The molecule has 1 atom stereocenters. The summed E-state index contributed by atoms with van der Waals surface area (Å²) in [7, 11) is 0. The van der Waals surface area contributed by atoms with Gasteiger partial charge in [-0.2, -0.15) is 5.10 Å². The highest BCUT2D eigenvalue weighted by molar-refractivity contribution is 5.79. The Morgan fingerprint density at radius 1 is 1.15 bits per heavy atom. The monoisotopic (exact) mass is 359 g/mol. The predicted molar refractivity (Wildman–Crippen MR) is 106 cm³/mol. The smallest absolute Gasteiger partial charge is 0.224 e. The van der Waals surface area contributed by atoms with E-state index in [0.29, 0.717) is 6.42 Å². The predicted octanol–water partition coefficient (Wildman–Crippen LogP) is 3.98. The number of benzene rings is 2. The Kier molecular flexibility index (Phi) is 5.05. The van der Waals surface area contributed by atoms with Crippen molar-refractivity contribution in [3.05, 3.63) is 88.7 Å². The average Bonchev–Trinajstić information content (AvgIpc) is 3.08. The van der Waals surface area contributed by atoms with Crippen LogP contribution in [0.4, 0.5) is 0 Å². The number of fused-ring (bicyclic) bond motifs is 1. The first kappa shape index (κ1) is 17.5. The first-order chi connectivity index (χ1) is 13.2. The van der Waals surface area contributed by atoms with Crippen molar-refractivity contribution >= 4 is 5.91 Å². The van der Waals surface area contributed by atoms with E-state index in [0.717, 1.165) is 36.9 Å². The standard InChI is InChI=1S/C23H25N3O/c1-17-8-5-6-11-19(17)14-23(27)25-21-12-7-13-22-20(21)15-24-26(22)16-18-9-3-2-4-10-18/h2-6,8-11,15,21H,7,12-14,16H2,1H3,(H,25,27)/t21-/m0/s1. The summed E-state index contributed by atoms with van der Waals surface area (Å²) in [5.41, 5.74) is 5.93. The number of aromatic nitrogens is 2. The summed E-state index contributed by atoms with van der Waals surface area (Å²) < 4.78 is 2.09. The summed E-state index contributed by atoms with van der Waals surface area (Å²) in [6, 6.07) is 18.5. The minimum Gasteiger partial charge on any atom is -0.349 e. The summed E-state index contributed by atoms with van der Waals surface area (Å²) in [5, 5.41) is 7.85. The maximum atomic E-state index is 12.6. The third-order valence-electron chi connectivity index (χ3n) is 5.39. The molecule has 1 heterocycles. The van der Waals surface area contributed by atoms with Crippen LogP contribution in [0.5, 0.6) is 0 Å². The molecule has 1 amide bonds. The van der Waals surface area contributed by atoms with Crippen LogP contribution >= 0.6 is 0 Å². The van der Waals surface area contributed by atoms with E-state index >= 15 is 0 Å². The van der Waals surface area contributed by atoms with Gasteiger partial charge in [0.2, 0.25) is 5.91 Å². The van der Waals surface area contributed by atoms with Crippen molar-refractivity contribution in [2.45, 2.75) is 45.2 Å². The van der Waals surface area contributed by atoms with Gasteiger partial charge in [0.25, 0.3) is 0 Å². The van der Waals surface area contributed by atoms with Gasteiger partial charge in [-0.3, -0.25) is 9.48 Å². The maximum Gasteiger partial charge on any atom is 0.224 e. The van der Waals surface area contributed by atoms with Crippen LogP contribution in [-0.4, -0.2) is 15.7 Å². The van der Waals surface area contributed by atoms with Crippen LogP contribution in [0.15, 0.2) is 60.8 Å². The molecule has 4 heteroatoms. The Morgan fingerprint density at radius 2 is 1.93 bits per heavy atom. The lowest BCUT2D eigenvalue weighted by atomic mass is 9.92. The van der Waals surface area contributed by atoms with Crippen molar-refractivity contribution in [3.63, 3.8) is 0 Å². The third-order valence-corrected chi connectivity index (χ3v) is 5.39. The van der Waals surface area contributed by atoms with Crippen LogP contribution < -0.4 is 5.32 Å². The molecule has 0 bridgehead atoms. The van der Waals surface area contributed by atoms with Crippen LogP contribution in [0, 0.1) is 6.92 Å². The van der Waals surface area contributed by atoms with E-state index in [1.54, 1.807) is 0 Å². The van der Waals surface area contributed by atoms with Crippen molar-refractivity contribution in [2.24, 2.45) is 0 Å². The molecule has 4 rings (SSSR count). The molecule has 27 heavy (non-hydrogen) atoms. The zero-order chi connectivity index (χ0) is 18.6. The molecule has 1 N–H and O–H groups in total. The van der Waals surface area contributed by atoms with Crippen LogP contribution in [0.2, 0.25) is 0 Å². The Bertz CT molecular complexity index is 930. The van der Waals surface area contributed by atoms with Gasteiger partial charge in [-0.1, -0.05) is 54.6 Å². The largest absolute Gasteiger partial charge is 0.349 e. The summed E-state index contributed by atoms with van der Waals surface area (Å²) in [4.78, 5) is 12.6. The first-order valence-electron chi connectivity index (χ1n) is 9.63. The number of carbonyl (C=O) groups is 1. The highest BCUT2D eigenvalue weighted by atomic mass is 16.1. The minimum atomic E-state index is 0.0646. The number of nitrogens with zero attached hydrogens (tertiary/aromatic N) is 2. The Balaban J connectivity index is 1.47. The van der Waals surface area contributed by atoms with Crippen molar-refractivity contribution in [1.29, 1.82) is 0 Å². The first-order valence-corrected chi connectivity index (χ1v) is 9.63. The van der Waals surface area contributed by atoms with Gasteiger partial charge in [0.15, 0.2) is 0 Å². The molecule has 0 unspecified atom stereocenters. The van der Waals surface area contributed by atoms with E-state index in [9.17, 15) is 4.79 Å². The fraction of sp³-hybridized carbons (Fsp3) is 0.304. The van der Waals surface area contributed by atoms with E-state index in [1.807, 2.05) is 30.5 Å². The van der Waals surface area contributed by atoms with Crippen molar-refractivity contribution < 1.29 is 4.79 Å². The Labute approximate surface area is 160 Å². The number of rotatable bonds is 5. The maximum absolute atomic E-state index is 12.6. The second-order valence-corrected chi connectivity index (χ2v) is 7.31. The molecule has 0 fully saturated rings. The quantitative estimate of drug-likeness (QED) is 0.749. The molecule has 3 aromatic rings. The van der Waals surface area contributed by atoms with E-state index in [4.69, 9.17) is 0 Å². The molecule has 0 aliphatic heterocycles. The number of amides is 1. The summed E-state index contributed by atoms with van der Waals surface area (Å²) in [6.07, 6.45) is 5.44. The number of hydrogen-bond donors (Lipinski definition) is 1. The third kappa shape index (κ3) is 3.95. The number of aryl methyl sites for hydroxylation is 1. The van der Waals surface area contributed by atoms with Gasteiger partial charge < -0.3 is 5.32 Å². The molecule has 0 radical (unpaired) electrons. The van der Waals surface area contributed by atoms with E-state index in [2.05, 4.69) is 52.4 Å². The van der Waals surface area contributed by atoms with Crippen LogP contribution in [0.1, 0.15) is 46.8 Å². The van der Waals surface area contributed by atoms with Gasteiger partial charge in [-0.25, -0.2) is 0 Å². The summed E-state index contributed by atoms with van der Waals surface area (Å²) in [6.45, 7) is 2.83. The van der Waals surface area contributed by atoms with Crippen molar-refractivity contribution in [3.8, 4) is 0 Å². The Morgan fingerprint density at radius 3 is 2.74 bits per heavy atom. The van der Waals surface area contributed by atoms with E-state index in [1.165, 1.54) is 16.8 Å². The Hall–Kier alpha value is -2.88. The van der Waals surface area contributed by atoms with Crippen LogP contribution in [-0.2, 0) is 24.2 Å². The molecule has 2 aromatic carbocycles. The number of hydrogen-bond acceptors (Lipinski definition) is 2. The highest BCUT2D eigenvalue weighted by Crippen LogP contribution is 2.30. The van der Waals surface area contributed by atoms with Gasteiger partial charge in [-0.05, 0) is 42.9 Å². The average molecular weight is 359 g/mol. The molecule has 0 spiro atoms. The molecular formula is C23H25N3O. The topological polar surface area (TPSA) is 46.9 Å². The van der Waals surface area contributed by atoms with Gasteiger partial charge in [0, 0.05) is 11.3 Å². The van der Waals surface area contributed by atoms with Crippen LogP contribution in [0.25, 0.3) is 0 Å². The molecule has 1 aromatic heterocycles. The molecular weight excluding hydrogens is 334 g/mol. The highest BCUT2D eigenvalue weighted by Gasteiger charge is 2.25. The molecule has 0 saturated heterocycles. The van der Waals surface area contributed by atoms with Gasteiger partial charge in [0.1, 0.15) is 0 Å².